The van der Waals surface area contributed by atoms with Crippen LogP contribution in [0.15, 0.2) is 50.7 Å². The Morgan fingerprint density at radius 3 is 2.52 bits per heavy atom. The summed E-state index contributed by atoms with van der Waals surface area (Å²) in [7, 11) is 0. The average Bonchev–Trinajstić information content (AvgIpc) is 3.33. The van der Waals surface area contributed by atoms with Crippen LogP contribution in [0.25, 0.3) is 11.2 Å². The minimum Gasteiger partial charge on any atom is -0.424 e. The number of benzene rings is 1. The predicted molar refractivity (Wildman–Crippen MR) is 107 cm³/mol. The van der Waals surface area contributed by atoms with Crippen molar-refractivity contribution in [3.05, 3.63) is 74.8 Å². The molecule has 4 aromatic rings. The molecule has 0 saturated carbocycles. The largest absolute Gasteiger partial charge is 0.424 e. The number of aromatic nitrogens is 6. The van der Waals surface area contributed by atoms with E-state index in [1.807, 2.05) is 34.9 Å². The lowest BCUT2D eigenvalue weighted by molar-refractivity contribution is 0.444. The molecule has 29 heavy (non-hydrogen) atoms. The average molecular weight is 394 g/mol. The Kier molecular flexibility index (Phi) is 5.11. The molecule has 3 heterocycles. The normalized spacial score (nSPS) is 11.4. The minimum atomic E-state index is -0.456. The molecule has 0 saturated heterocycles. The summed E-state index contributed by atoms with van der Waals surface area (Å²) in [4.78, 5) is 30.8. The van der Waals surface area contributed by atoms with Crippen LogP contribution < -0.4 is 11.2 Å². The first-order chi connectivity index (χ1) is 14.1. The van der Waals surface area contributed by atoms with Gasteiger partial charge in [-0.05, 0) is 12.0 Å². The second-order valence-electron chi connectivity index (χ2n) is 6.92. The Hall–Kier alpha value is -3.49. The lowest BCUT2D eigenvalue weighted by Gasteiger charge is -2.12. The maximum Gasteiger partial charge on any atom is 0.333 e. The van der Waals surface area contributed by atoms with Crippen LogP contribution in [0.5, 0.6) is 0 Å². The minimum absolute atomic E-state index is 0.0812. The molecule has 4 rings (SSSR count). The quantitative estimate of drug-likeness (QED) is 0.475. The summed E-state index contributed by atoms with van der Waals surface area (Å²) in [6, 6.07) is 9.61. The first-order valence-electron chi connectivity index (χ1n) is 9.60. The van der Waals surface area contributed by atoms with E-state index < -0.39 is 11.2 Å². The van der Waals surface area contributed by atoms with Gasteiger partial charge in [-0.25, -0.2) is 14.3 Å². The molecular weight excluding hydrogens is 372 g/mol. The van der Waals surface area contributed by atoms with Gasteiger partial charge in [0.2, 0.25) is 11.8 Å². The van der Waals surface area contributed by atoms with Gasteiger partial charge in [0.15, 0.2) is 11.2 Å². The van der Waals surface area contributed by atoms with Crippen molar-refractivity contribution in [2.75, 3.05) is 0 Å². The van der Waals surface area contributed by atoms with Crippen molar-refractivity contribution in [2.45, 2.75) is 46.3 Å². The van der Waals surface area contributed by atoms with E-state index in [1.54, 1.807) is 13.3 Å². The molecule has 0 amide bonds. The van der Waals surface area contributed by atoms with Crippen molar-refractivity contribution in [1.29, 1.82) is 0 Å². The summed E-state index contributed by atoms with van der Waals surface area (Å²) in [5, 5.41) is 7.71. The van der Waals surface area contributed by atoms with Gasteiger partial charge < -0.3 is 8.98 Å². The highest BCUT2D eigenvalue weighted by Gasteiger charge is 2.19. The van der Waals surface area contributed by atoms with Gasteiger partial charge in [0.05, 0.1) is 12.9 Å². The lowest BCUT2D eigenvalue weighted by atomic mass is 10.2. The van der Waals surface area contributed by atoms with Gasteiger partial charge in [0, 0.05) is 13.5 Å². The zero-order valence-corrected chi connectivity index (χ0v) is 16.4. The molecule has 0 radical (unpaired) electrons. The maximum absolute atomic E-state index is 13.2. The predicted octanol–water partition coefficient (Wildman–Crippen LogP) is 1.95. The van der Waals surface area contributed by atoms with Gasteiger partial charge in [-0.3, -0.25) is 9.36 Å². The maximum atomic E-state index is 13.2. The van der Waals surface area contributed by atoms with Crippen molar-refractivity contribution in [1.82, 2.24) is 28.9 Å². The Morgan fingerprint density at radius 2 is 1.83 bits per heavy atom. The van der Waals surface area contributed by atoms with Gasteiger partial charge in [-0.1, -0.05) is 43.7 Å². The van der Waals surface area contributed by atoms with Crippen molar-refractivity contribution in [2.24, 2.45) is 0 Å². The number of nitrogens with zero attached hydrogens (tertiary/aromatic N) is 6. The molecule has 0 bridgehead atoms. The molecule has 0 aliphatic carbocycles. The zero-order chi connectivity index (χ0) is 20.4. The number of unbranched alkanes of at least 4 members (excludes halogenated alkanes) is 1. The molecule has 3 aromatic heterocycles. The fourth-order valence-electron chi connectivity index (χ4n) is 3.32. The van der Waals surface area contributed by atoms with Crippen molar-refractivity contribution < 1.29 is 4.42 Å². The fraction of sp³-hybridized carbons (Fsp3) is 0.350. The standard InChI is InChI=1S/C20H22N6O3/c1-3-4-10-24-13-21-18-17(24)19(27)26(12-16-23-22-14(2)29-16)20(28)25(18)11-15-8-6-5-7-9-15/h5-9,13H,3-4,10-12H2,1-2H3. The molecule has 0 unspecified atom stereocenters. The third kappa shape index (κ3) is 3.63. The van der Waals surface area contributed by atoms with E-state index in [9.17, 15) is 9.59 Å². The highest BCUT2D eigenvalue weighted by molar-refractivity contribution is 5.70. The monoisotopic (exact) mass is 394 g/mol. The number of hydrogen-bond donors (Lipinski definition) is 0. The van der Waals surface area contributed by atoms with Gasteiger partial charge in [0.1, 0.15) is 6.54 Å². The number of imidazole rings is 1. The second kappa shape index (κ2) is 7.86. The van der Waals surface area contributed by atoms with E-state index in [4.69, 9.17) is 4.42 Å². The SMILES string of the molecule is CCCCn1cnc2c1c(=O)n(Cc1nnc(C)o1)c(=O)n2Cc1ccccc1. The summed E-state index contributed by atoms with van der Waals surface area (Å²) in [5.74, 6) is 0.596. The van der Waals surface area contributed by atoms with Crippen LogP contribution in [0.1, 0.15) is 37.1 Å². The topological polar surface area (TPSA) is 101 Å². The summed E-state index contributed by atoms with van der Waals surface area (Å²) in [5.41, 5.74) is 0.877. The molecule has 9 nitrogen and oxygen atoms in total. The third-order valence-electron chi connectivity index (χ3n) is 4.78. The van der Waals surface area contributed by atoms with Crippen LogP contribution in [-0.2, 0) is 19.6 Å². The van der Waals surface area contributed by atoms with Crippen molar-refractivity contribution in [3.8, 4) is 0 Å². The number of hydrogen-bond acceptors (Lipinski definition) is 6. The van der Waals surface area contributed by atoms with E-state index in [2.05, 4.69) is 22.1 Å². The van der Waals surface area contributed by atoms with Crippen LogP contribution in [0.4, 0.5) is 0 Å². The van der Waals surface area contributed by atoms with Crippen LogP contribution in [0, 0.1) is 6.92 Å². The van der Waals surface area contributed by atoms with E-state index in [0.717, 1.165) is 23.0 Å². The second-order valence-corrected chi connectivity index (χ2v) is 6.92. The molecular formula is C20H22N6O3. The third-order valence-corrected chi connectivity index (χ3v) is 4.78. The van der Waals surface area contributed by atoms with Crippen LogP contribution >= 0.6 is 0 Å². The molecule has 1 aromatic carbocycles. The lowest BCUT2D eigenvalue weighted by Crippen LogP contribution is -2.41. The Bertz CT molecular complexity index is 1250. The van der Waals surface area contributed by atoms with Gasteiger partial charge in [-0.15, -0.1) is 10.2 Å². The molecule has 9 heteroatoms. The molecule has 0 aliphatic rings. The summed E-state index contributed by atoms with van der Waals surface area (Å²) >= 11 is 0. The van der Waals surface area contributed by atoms with Crippen LogP contribution in [0.2, 0.25) is 0 Å². The summed E-state index contributed by atoms with van der Waals surface area (Å²) in [6.45, 7) is 4.63. The molecule has 0 atom stereocenters. The molecule has 0 spiro atoms. The van der Waals surface area contributed by atoms with E-state index in [1.165, 1.54) is 4.57 Å². The number of fused-ring (bicyclic) bond motifs is 1. The van der Waals surface area contributed by atoms with E-state index in [-0.39, 0.29) is 12.4 Å². The Labute approximate surface area is 166 Å². The van der Waals surface area contributed by atoms with Gasteiger partial charge >= 0.3 is 5.69 Å². The smallest absolute Gasteiger partial charge is 0.333 e. The number of aryl methyl sites for hydroxylation is 2. The fourth-order valence-corrected chi connectivity index (χ4v) is 3.32. The Balaban J connectivity index is 1.91. The number of rotatable bonds is 7. The van der Waals surface area contributed by atoms with E-state index in [0.29, 0.717) is 30.1 Å². The first kappa shape index (κ1) is 18.9. The van der Waals surface area contributed by atoms with E-state index >= 15 is 0 Å². The molecule has 0 aliphatic heterocycles. The summed E-state index contributed by atoms with van der Waals surface area (Å²) in [6.07, 6.45) is 3.52. The van der Waals surface area contributed by atoms with Crippen molar-refractivity contribution >= 4 is 11.2 Å². The van der Waals surface area contributed by atoms with Crippen LogP contribution in [0.3, 0.4) is 0 Å². The first-order valence-corrected chi connectivity index (χ1v) is 9.60. The van der Waals surface area contributed by atoms with Gasteiger partial charge in [0.25, 0.3) is 5.56 Å². The van der Waals surface area contributed by atoms with Crippen LogP contribution in [-0.4, -0.2) is 28.9 Å². The summed E-state index contributed by atoms with van der Waals surface area (Å²) < 4.78 is 9.88. The Morgan fingerprint density at radius 1 is 1.03 bits per heavy atom. The van der Waals surface area contributed by atoms with Gasteiger partial charge in [-0.2, -0.15) is 0 Å². The molecule has 0 fully saturated rings. The molecule has 150 valence electrons. The highest BCUT2D eigenvalue weighted by Crippen LogP contribution is 2.11. The zero-order valence-electron chi connectivity index (χ0n) is 16.4. The van der Waals surface area contributed by atoms with Crippen molar-refractivity contribution in [3.63, 3.8) is 0 Å². The highest BCUT2D eigenvalue weighted by atomic mass is 16.4. The molecule has 0 N–H and O–H groups in total.